The molecule has 2 amide bonds. The number of amides is 2. The van der Waals surface area contributed by atoms with Gasteiger partial charge in [0.05, 0.1) is 12.1 Å². The number of carbonyl (C=O) groups is 2. The van der Waals surface area contributed by atoms with Crippen LogP contribution in [0.2, 0.25) is 0 Å². The van der Waals surface area contributed by atoms with E-state index >= 15 is 0 Å². The lowest BCUT2D eigenvalue weighted by atomic mass is 10.2. The molecule has 0 N–H and O–H groups in total. The van der Waals surface area contributed by atoms with Gasteiger partial charge in [-0.3, -0.25) is 9.59 Å². The third-order valence-electron chi connectivity index (χ3n) is 2.48. The minimum absolute atomic E-state index is 0.0731. The molecule has 0 aromatic carbocycles. The van der Waals surface area contributed by atoms with E-state index in [2.05, 4.69) is 20.9 Å². The third kappa shape index (κ3) is 3.53. The lowest BCUT2D eigenvalue weighted by Gasteiger charge is -2.22. The molecule has 1 heterocycles. The van der Waals surface area contributed by atoms with Crippen molar-refractivity contribution in [2.24, 2.45) is 0 Å². The van der Waals surface area contributed by atoms with Gasteiger partial charge in [0.2, 0.25) is 5.91 Å². The average molecular weight is 314 g/mol. The molecule has 0 aliphatic rings. The Morgan fingerprint density at radius 3 is 2.56 bits per heavy atom. The topological polar surface area (TPSA) is 53.5 Å². The van der Waals surface area contributed by atoms with Crippen LogP contribution in [0.4, 0.5) is 0 Å². The first-order valence-corrected chi connectivity index (χ1v) is 6.36. The van der Waals surface area contributed by atoms with Crippen LogP contribution in [-0.4, -0.2) is 53.8 Å². The van der Waals surface area contributed by atoms with E-state index in [-0.39, 0.29) is 18.4 Å². The maximum Gasteiger partial charge on any atom is 0.257 e. The first-order valence-electron chi connectivity index (χ1n) is 5.57. The van der Waals surface area contributed by atoms with Crippen LogP contribution in [0.3, 0.4) is 0 Å². The van der Waals surface area contributed by atoms with Crippen LogP contribution in [0.1, 0.15) is 17.3 Å². The molecule has 0 unspecified atom stereocenters. The molecule has 6 heteroatoms. The fourth-order valence-corrected chi connectivity index (χ4v) is 1.77. The maximum atomic E-state index is 12.2. The summed E-state index contributed by atoms with van der Waals surface area (Å²) in [6.07, 6.45) is 1.60. The third-order valence-corrected chi connectivity index (χ3v) is 3.12. The highest BCUT2D eigenvalue weighted by molar-refractivity contribution is 9.10. The Balaban J connectivity index is 2.87. The minimum Gasteiger partial charge on any atom is -0.347 e. The van der Waals surface area contributed by atoms with Gasteiger partial charge in [-0.1, -0.05) is 0 Å². The second-order valence-electron chi connectivity index (χ2n) is 3.95. The van der Waals surface area contributed by atoms with Crippen LogP contribution in [0.25, 0.3) is 0 Å². The second kappa shape index (κ2) is 6.49. The summed E-state index contributed by atoms with van der Waals surface area (Å²) in [7, 11) is 3.33. The van der Waals surface area contributed by atoms with Gasteiger partial charge >= 0.3 is 0 Å². The molecule has 5 nitrogen and oxygen atoms in total. The Morgan fingerprint density at radius 1 is 1.39 bits per heavy atom. The molecule has 0 radical (unpaired) electrons. The fourth-order valence-electron chi connectivity index (χ4n) is 1.35. The van der Waals surface area contributed by atoms with Crippen molar-refractivity contribution in [1.82, 2.24) is 14.8 Å². The van der Waals surface area contributed by atoms with Gasteiger partial charge in [0.25, 0.3) is 5.91 Å². The fraction of sp³-hybridized carbons (Fsp3) is 0.417. The van der Waals surface area contributed by atoms with Gasteiger partial charge < -0.3 is 9.80 Å². The number of hydrogen-bond donors (Lipinski definition) is 0. The summed E-state index contributed by atoms with van der Waals surface area (Å²) in [5.74, 6) is -0.308. The lowest BCUT2D eigenvalue weighted by Crippen LogP contribution is -2.40. The highest BCUT2D eigenvalue weighted by atomic mass is 79.9. The molecule has 18 heavy (non-hydrogen) atoms. The predicted octanol–water partition coefficient (Wildman–Crippen LogP) is 1.39. The number of aromatic nitrogens is 1. The number of hydrogen-bond acceptors (Lipinski definition) is 3. The first kappa shape index (κ1) is 14.6. The average Bonchev–Trinajstić information content (AvgIpc) is 2.35. The normalized spacial score (nSPS) is 10.0. The van der Waals surface area contributed by atoms with E-state index in [0.717, 1.165) is 0 Å². The van der Waals surface area contributed by atoms with Gasteiger partial charge in [-0.15, -0.1) is 0 Å². The van der Waals surface area contributed by atoms with Crippen LogP contribution in [0, 0.1) is 0 Å². The van der Waals surface area contributed by atoms with Crippen molar-refractivity contribution in [1.29, 1.82) is 0 Å². The summed E-state index contributed by atoms with van der Waals surface area (Å²) < 4.78 is 0.491. The number of likely N-dealkylation sites (N-methyl/N-ethyl adjacent to an activating group) is 2. The standard InChI is InChI=1S/C12H16BrN3O2/c1-4-16(8-10(17)15(2)3)12(18)9-6-5-7-14-11(9)13/h5-7H,4,8H2,1-3H3. The Bertz CT molecular complexity index is 449. The van der Waals surface area contributed by atoms with E-state index < -0.39 is 0 Å². The van der Waals surface area contributed by atoms with E-state index in [9.17, 15) is 9.59 Å². The van der Waals surface area contributed by atoms with E-state index in [1.54, 1.807) is 32.4 Å². The molecule has 1 rings (SSSR count). The molecule has 0 saturated carbocycles. The van der Waals surface area contributed by atoms with Crippen molar-refractivity contribution < 1.29 is 9.59 Å². The van der Waals surface area contributed by atoms with Crippen molar-refractivity contribution in [3.8, 4) is 0 Å². The van der Waals surface area contributed by atoms with Crippen molar-refractivity contribution in [3.63, 3.8) is 0 Å². The molecule has 0 saturated heterocycles. The molecule has 98 valence electrons. The van der Waals surface area contributed by atoms with E-state index in [1.165, 1.54) is 9.80 Å². The monoisotopic (exact) mass is 313 g/mol. The molecule has 0 spiro atoms. The van der Waals surface area contributed by atoms with Gasteiger partial charge in [-0.2, -0.15) is 0 Å². The van der Waals surface area contributed by atoms with Crippen LogP contribution in [-0.2, 0) is 4.79 Å². The van der Waals surface area contributed by atoms with Gasteiger partial charge in [0.1, 0.15) is 4.60 Å². The SMILES string of the molecule is CCN(CC(=O)N(C)C)C(=O)c1cccnc1Br. The number of pyridine rings is 1. The molecule has 1 aromatic rings. The Labute approximate surface area is 115 Å². The number of halogens is 1. The van der Waals surface area contributed by atoms with Gasteiger partial charge in [0, 0.05) is 26.8 Å². The largest absolute Gasteiger partial charge is 0.347 e. The smallest absolute Gasteiger partial charge is 0.257 e. The Hall–Kier alpha value is -1.43. The predicted molar refractivity (Wildman–Crippen MR) is 72.2 cm³/mol. The molecule has 0 fully saturated rings. The summed E-state index contributed by atoms with van der Waals surface area (Å²) in [6.45, 7) is 2.38. The van der Waals surface area contributed by atoms with Gasteiger partial charge in [0.15, 0.2) is 0 Å². The van der Waals surface area contributed by atoms with E-state index in [1.807, 2.05) is 6.92 Å². The van der Waals surface area contributed by atoms with Gasteiger partial charge in [-0.05, 0) is 35.0 Å². The molecule has 0 aliphatic carbocycles. The Kier molecular flexibility index (Phi) is 5.27. The number of rotatable bonds is 4. The second-order valence-corrected chi connectivity index (χ2v) is 4.70. The summed E-state index contributed by atoms with van der Waals surface area (Å²) in [6, 6.07) is 3.38. The summed E-state index contributed by atoms with van der Waals surface area (Å²) in [5, 5.41) is 0. The summed E-state index contributed by atoms with van der Waals surface area (Å²) in [5.41, 5.74) is 0.464. The first-order chi connectivity index (χ1) is 8.47. The zero-order valence-corrected chi connectivity index (χ0v) is 12.3. The van der Waals surface area contributed by atoms with Crippen molar-refractivity contribution in [2.75, 3.05) is 27.2 Å². The molecule has 0 atom stereocenters. The molecular weight excluding hydrogens is 298 g/mol. The van der Waals surface area contributed by atoms with Crippen LogP contribution in [0.5, 0.6) is 0 Å². The van der Waals surface area contributed by atoms with Crippen molar-refractivity contribution >= 4 is 27.7 Å². The van der Waals surface area contributed by atoms with Crippen LogP contribution < -0.4 is 0 Å². The van der Waals surface area contributed by atoms with Crippen LogP contribution >= 0.6 is 15.9 Å². The molecule has 0 bridgehead atoms. The quantitative estimate of drug-likeness (QED) is 0.789. The van der Waals surface area contributed by atoms with Crippen molar-refractivity contribution in [3.05, 3.63) is 28.5 Å². The molecular formula is C12H16BrN3O2. The molecule has 0 aliphatic heterocycles. The maximum absolute atomic E-state index is 12.2. The minimum atomic E-state index is -0.201. The highest BCUT2D eigenvalue weighted by Gasteiger charge is 2.20. The summed E-state index contributed by atoms with van der Waals surface area (Å²) >= 11 is 3.24. The zero-order chi connectivity index (χ0) is 13.7. The van der Waals surface area contributed by atoms with E-state index in [4.69, 9.17) is 0 Å². The zero-order valence-electron chi connectivity index (χ0n) is 10.7. The number of carbonyl (C=O) groups excluding carboxylic acids is 2. The highest BCUT2D eigenvalue weighted by Crippen LogP contribution is 2.15. The van der Waals surface area contributed by atoms with E-state index in [0.29, 0.717) is 16.7 Å². The van der Waals surface area contributed by atoms with Gasteiger partial charge in [-0.25, -0.2) is 4.98 Å². The van der Waals surface area contributed by atoms with Crippen molar-refractivity contribution in [2.45, 2.75) is 6.92 Å². The Morgan fingerprint density at radius 2 is 2.06 bits per heavy atom. The number of nitrogens with zero attached hydrogens (tertiary/aromatic N) is 3. The lowest BCUT2D eigenvalue weighted by molar-refractivity contribution is -0.129. The molecule has 1 aromatic heterocycles. The van der Waals surface area contributed by atoms with Crippen LogP contribution in [0.15, 0.2) is 22.9 Å². The summed E-state index contributed by atoms with van der Waals surface area (Å²) in [4.78, 5) is 30.8.